The van der Waals surface area contributed by atoms with Gasteiger partial charge in [0.25, 0.3) is 0 Å². The topological polar surface area (TPSA) is 55.5 Å². The molecule has 3 heteroatoms. The fraction of sp³-hybridized carbons (Fsp3) is 0.714. The SMILES string of the molecule is CCC=C(O)COCCN. The van der Waals surface area contributed by atoms with Crippen molar-refractivity contribution in [3.8, 4) is 0 Å². The quantitative estimate of drug-likeness (QED) is 0.444. The van der Waals surface area contributed by atoms with E-state index in [1.165, 1.54) is 0 Å². The van der Waals surface area contributed by atoms with Crippen LogP contribution in [0.15, 0.2) is 11.8 Å². The molecule has 0 unspecified atom stereocenters. The van der Waals surface area contributed by atoms with Crippen LogP contribution < -0.4 is 5.73 Å². The summed E-state index contributed by atoms with van der Waals surface area (Å²) in [6, 6.07) is 0. The van der Waals surface area contributed by atoms with Crippen molar-refractivity contribution in [1.29, 1.82) is 0 Å². The summed E-state index contributed by atoms with van der Waals surface area (Å²) in [6.07, 6.45) is 2.55. The Bertz CT molecular complexity index is 102. The molecule has 0 radical (unpaired) electrons. The van der Waals surface area contributed by atoms with Gasteiger partial charge in [-0.2, -0.15) is 0 Å². The number of aliphatic hydroxyl groups excluding tert-OH is 1. The Labute approximate surface area is 61.5 Å². The van der Waals surface area contributed by atoms with Crippen LogP contribution in [-0.4, -0.2) is 24.9 Å². The summed E-state index contributed by atoms with van der Waals surface area (Å²) >= 11 is 0. The summed E-state index contributed by atoms with van der Waals surface area (Å²) in [7, 11) is 0. The molecular formula is C7H15NO2. The third kappa shape index (κ3) is 5.59. The molecule has 0 saturated carbocycles. The van der Waals surface area contributed by atoms with Crippen LogP contribution in [-0.2, 0) is 4.74 Å². The van der Waals surface area contributed by atoms with Crippen molar-refractivity contribution < 1.29 is 9.84 Å². The Morgan fingerprint density at radius 3 is 2.90 bits per heavy atom. The van der Waals surface area contributed by atoms with E-state index < -0.39 is 0 Å². The summed E-state index contributed by atoms with van der Waals surface area (Å²) in [5.41, 5.74) is 5.16. The summed E-state index contributed by atoms with van der Waals surface area (Å²) in [6.45, 7) is 3.24. The molecular weight excluding hydrogens is 130 g/mol. The Morgan fingerprint density at radius 2 is 2.40 bits per heavy atom. The number of hydrogen-bond acceptors (Lipinski definition) is 3. The monoisotopic (exact) mass is 145 g/mol. The Hall–Kier alpha value is -0.540. The van der Waals surface area contributed by atoms with E-state index in [1.54, 1.807) is 6.08 Å². The normalized spacial score (nSPS) is 12.0. The molecule has 0 amide bonds. The van der Waals surface area contributed by atoms with E-state index in [0.717, 1.165) is 6.42 Å². The van der Waals surface area contributed by atoms with Crippen molar-refractivity contribution in [2.24, 2.45) is 5.73 Å². The van der Waals surface area contributed by atoms with E-state index in [1.807, 2.05) is 6.92 Å². The average Bonchev–Trinajstić information content (AvgIpc) is 1.89. The largest absolute Gasteiger partial charge is 0.510 e. The second kappa shape index (κ2) is 6.58. The zero-order valence-electron chi connectivity index (χ0n) is 6.34. The van der Waals surface area contributed by atoms with Crippen molar-refractivity contribution in [2.45, 2.75) is 13.3 Å². The average molecular weight is 145 g/mol. The van der Waals surface area contributed by atoms with Crippen molar-refractivity contribution >= 4 is 0 Å². The van der Waals surface area contributed by atoms with Crippen LogP contribution in [0.2, 0.25) is 0 Å². The lowest BCUT2D eigenvalue weighted by Crippen LogP contribution is -2.09. The van der Waals surface area contributed by atoms with Gasteiger partial charge in [-0.1, -0.05) is 6.92 Å². The minimum absolute atomic E-state index is 0.283. The fourth-order valence-corrected chi connectivity index (χ4v) is 0.555. The van der Waals surface area contributed by atoms with Crippen molar-refractivity contribution in [3.05, 3.63) is 11.8 Å². The smallest absolute Gasteiger partial charge is 0.114 e. The lowest BCUT2D eigenvalue weighted by atomic mass is 10.4. The van der Waals surface area contributed by atoms with Gasteiger partial charge in [0.15, 0.2) is 0 Å². The van der Waals surface area contributed by atoms with Crippen molar-refractivity contribution in [1.82, 2.24) is 0 Å². The third-order valence-electron chi connectivity index (χ3n) is 0.952. The van der Waals surface area contributed by atoms with Crippen LogP contribution in [0.5, 0.6) is 0 Å². The zero-order chi connectivity index (χ0) is 7.82. The molecule has 0 rings (SSSR count). The van der Waals surface area contributed by atoms with E-state index >= 15 is 0 Å². The number of rotatable bonds is 5. The predicted molar refractivity (Wildman–Crippen MR) is 40.9 cm³/mol. The minimum atomic E-state index is 0.283. The van der Waals surface area contributed by atoms with Gasteiger partial charge in [-0.15, -0.1) is 0 Å². The van der Waals surface area contributed by atoms with Crippen LogP contribution >= 0.6 is 0 Å². The fourth-order valence-electron chi connectivity index (χ4n) is 0.555. The van der Waals surface area contributed by atoms with Gasteiger partial charge in [-0.3, -0.25) is 0 Å². The summed E-state index contributed by atoms with van der Waals surface area (Å²) in [5, 5.41) is 8.97. The lowest BCUT2D eigenvalue weighted by molar-refractivity contribution is 0.134. The molecule has 10 heavy (non-hydrogen) atoms. The standard InChI is InChI=1S/C7H15NO2/c1-2-3-7(9)6-10-5-4-8/h3,9H,2,4-6,8H2,1H3. The molecule has 0 heterocycles. The molecule has 60 valence electrons. The maximum Gasteiger partial charge on any atom is 0.114 e. The van der Waals surface area contributed by atoms with E-state index in [4.69, 9.17) is 15.6 Å². The van der Waals surface area contributed by atoms with E-state index in [9.17, 15) is 0 Å². The highest BCUT2D eigenvalue weighted by atomic mass is 16.5. The number of allylic oxidation sites excluding steroid dienone is 1. The first-order chi connectivity index (χ1) is 4.81. The van der Waals surface area contributed by atoms with E-state index in [-0.39, 0.29) is 12.4 Å². The van der Waals surface area contributed by atoms with Crippen LogP contribution in [0.1, 0.15) is 13.3 Å². The maximum absolute atomic E-state index is 8.97. The molecule has 0 atom stereocenters. The molecule has 0 spiro atoms. The highest BCUT2D eigenvalue weighted by molar-refractivity contribution is 4.89. The summed E-state index contributed by atoms with van der Waals surface area (Å²) < 4.78 is 4.95. The molecule has 0 bridgehead atoms. The van der Waals surface area contributed by atoms with Gasteiger partial charge in [-0.25, -0.2) is 0 Å². The molecule has 3 N–H and O–H groups in total. The Kier molecular flexibility index (Phi) is 6.22. The molecule has 0 aliphatic carbocycles. The number of ether oxygens (including phenoxy) is 1. The van der Waals surface area contributed by atoms with Gasteiger partial charge in [0.1, 0.15) is 12.4 Å². The van der Waals surface area contributed by atoms with E-state index in [2.05, 4.69) is 0 Å². The van der Waals surface area contributed by atoms with Gasteiger partial charge >= 0.3 is 0 Å². The first-order valence-corrected chi connectivity index (χ1v) is 3.47. The Balaban J connectivity index is 3.21. The molecule has 0 aromatic carbocycles. The highest BCUT2D eigenvalue weighted by Crippen LogP contribution is 1.91. The van der Waals surface area contributed by atoms with Crippen LogP contribution in [0.4, 0.5) is 0 Å². The van der Waals surface area contributed by atoms with Crippen LogP contribution in [0.3, 0.4) is 0 Å². The minimum Gasteiger partial charge on any atom is -0.510 e. The maximum atomic E-state index is 8.97. The van der Waals surface area contributed by atoms with E-state index in [0.29, 0.717) is 13.2 Å². The van der Waals surface area contributed by atoms with Crippen molar-refractivity contribution in [2.75, 3.05) is 19.8 Å². The first-order valence-electron chi connectivity index (χ1n) is 3.47. The molecule has 0 fully saturated rings. The first kappa shape index (κ1) is 9.46. The summed E-state index contributed by atoms with van der Waals surface area (Å²) in [5.74, 6) is 0.288. The molecule has 0 aromatic heterocycles. The van der Waals surface area contributed by atoms with Gasteiger partial charge in [-0.05, 0) is 12.5 Å². The predicted octanol–water partition coefficient (Wildman–Crippen LogP) is 0.814. The van der Waals surface area contributed by atoms with Gasteiger partial charge in [0.2, 0.25) is 0 Å². The second-order valence-corrected chi connectivity index (χ2v) is 1.94. The van der Waals surface area contributed by atoms with Gasteiger partial charge in [0.05, 0.1) is 6.61 Å². The molecule has 0 aromatic rings. The zero-order valence-corrected chi connectivity index (χ0v) is 6.34. The molecule has 3 nitrogen and oxygen atoms in total. The highest BCUT2D eigenvalue weighted by Gasteiger charge is 1.89. The van der Waals surface area contributed by atoms with Gasteiger partial charge in [0, 0.05) is 6.54 Å². The van der Waals surface area contributed by atoms with Crippen LogP contribution in [0.25, 0.3) is 0 Å². The number of hydrogen-bond donors (Lipinski definition) is 2. The molecule has 0 aliphatic heterocycles. The van der Waals surface area contributed by atoms with Gasteiger partial charge < -0.3 is 15.6 Å². The number of aliphatic hydroxyl groups is 1. The summed E-state index contributed by atoms with van der Waals surface area (Å²) in [4.78, 5) is 0. The van der Waals surface area contributed by atoms with Crippen LogP contribution in [0, 0.1) is 0 Å². The lowest BCUT2D eigenvalue weighted by Gasteiger charge is -1.99. The number of nitrogens with two attached hydrogens (primary N) is 1. The third-order valence-corrected chi connectivity index (χ3v) is 0.952. The molecule has 0 saturated heterocycles. The second-order valence-electron chi connectivity index (χ2n) is 1.94. The molecule has 0 aliphatic rings. The van der Waals surface area contributed by atoms with Crippen molar-refractivity contribution in [3.63, 3.8) is 0 Å². The Morgan fingerprint density at radius 1 is 1.70 bits per heavy atom.